The standard InChI is InChI=1S/C22H20N2O4S/c1-22(12-19(25)26,20-23-10-11-29-20)24-21(27)28-13-18-16-8-4-2-6-14(16)15-7-3-5-9-17(15)18/h2-11,18H,12-13H2,1H3,(H,24,27)(H,25,26). The van der Waals surface area contributed by atoms with Crippen molar-refractivity contribution in [1.82, 2.24) is 10.3 Å². The van der Waals surface area contributed by atoms with Gasteiger partial charge in [0.05, 0.1) is 6.42 Å². The SMILES string of the molecule is CC(CC(=O)O)(NC(=O)OCC1c2ccccc2-c2ccccc21)c1nccs1. The molecule has 148 valence electrons. The van der Waals surface area contributed by atoms with E-state index in [0.717, 1.165) is 22.3 Å². The number of amides is 1. The molecule has 7 heteroatoms. The van der Waals surface area contributed by atoms with Gasteiger partial charge in [0.25, 0.3) is 0 Å². The van der Waals surface area contributed by atoms with Gasteiger partial charge >= 0.3 is 12.1 Å². The molecule has 1 heterocycles. The Morgan fingerprint density at radius 2 is 1.76 bits per heavy atom. The summed E-state index contributed by atoms with van der Waals surface area (Å²) in [6.45, 7) is 1.81. The number of carbonyl (C=O) groups is 2. The molecule has 0 spiro atoms. The molecule has 0 fully saturated rings. The van der Waals surface area contributed by atoms with Gasteiger partial charge in [-0.3, -0.25) is 4.79 Å². The summed E-state index contributed by atoms with van der Waals surface area (Å²) < 4.78 is 5.55. The summed E-state index contributed by atoms with van der Waals surface area (Å²) in [5.74, 6) is -1.08. The number of hydrogen-bond donors (Lipinski definition) is 2. The van der Waals surface area contributed by atoms with E-state index in [1.165, 1.54) is 11.3 Å². The van der Waals surface area contributed by atoms with E-state index in [-0.39, 0.29) is 18.9 Å². The maximum Gasteiger partial charge on any atom is 0.407 e. The number of thiazole rings is 1. The van der Waals surface area contributed by atoms with Crippen molar-refractivity contribution in [2.45, 2.75) is 24.8 Å². The molecule has 2 N–H and O–H groups in total. The van der Waals surface area contributed by atoms with Crippen molar-refractivity contribution in [3.8, 4) is 11.1 Å². The van der Waals surface area contributed by atoms with Crippen LogP contribution in [0.4, 0.5) is 4.79 Å². The number of nitrogens with one attached hydrogen (secondary N) is 1. The molecular weight excluding hydrogens is 388 g/mol. The van der Waals surface area contributed by atoms with E-state index in [1.54, 1.807) is 18.5 Å². The maximum atomic E-state index is 12.6. The van der Waals surface area contributed by atoms with Crippen molar-refractivity contribution in [3.05, 3.63) is 76.2 Å². The molecule has 1 aliphatic rings. The average Bonchev–Trinajstić information content (AvgIpc) is 3.33. The van der Waals surface area contributed by atoms with Gasteiger partial charge in [-0.2, -0.15) is 0 Å². The fourth-order valence-corrected chi connectivity index (χ4v) is 4.59. The van der Waals surface area contributed by atoms with E-state index in [0.29, 0.717) is 5.01 Å². The first-order valence-corrected chi connectivity index (χ1v) is 10.1. The lowest BCUT2D eigenvalue weighted by atomic mass is 9.98. The second-order valence-electron chi connectivity index (χ2n) is 7.19. The zero-order valence-corrected chi connectivity index (χ0v) is 16.6. The fourth-order valence-electron chi connectivity index (χ4n) is 3.83. The van der Waals surface area contributed by atoms with E-state index in [2.05, 4.69) is 22.4 Å². The molecule has 1 atom stereocenters. The van der Waals surface area contributed by atoms with Gasteiger partial charge in [-0.05, 0) is 29.2 Å². The quantitative estimate of drug-likeness (QED) is 0.632. The largest absolute Gasteiger partial charge is 0.481 e. The van der Waals surface area contributed by atoms with Gasteiger partial charge in [0, 0.05) is 17.5 Å². The van der Waals surface area contributed by atoms with Crippen molar-refractivity contribution in [1.29, 1.82) is 0 Å². The summed E-state index contributed by atoms with van der Waals surface area (Å²) in [7, 11) is 0. The number of hydrogen-bond acceptors (Lipinski definition) is 5. The highest BCUT2D eigenvalue weighted by atomic mass is 32.1. The van der Waals surface area contributed by atoms with Crippen molar-refractivity contribution in [3.63, 3.8) is 0 Å². The average molecular weight is 408 g/mol. The third kappa shape index (κ3) is 3.73. The van der Waals surface area contributed by atoms with Crippen molar-refractivity contribution < 1.29 is 19.4 Å². The Balaban J connectivity index is 1.50. The van der Waals surface area contributed by atoms with E-state index < -0.39 is 17.6 Å². The normalized spacial score (nSPS) is 14.5. The minimum absolute atomic E-state index is 0.0567. The van der Waals surface area contributed by atoms with Gasteiger partial charge in [0.2, 0.25) is 0 Å². The molecule has 1 aromatic heterocycles. The summed E-state index contributed by atoms with van der Waals surface area (Å²) >= 11 is 1.29. The summed E-state index contributed by atoms with van der Waals surface area (Å²) in [5.41, 5.74) is 3.40. The first-order chi connectivity index (χ1) is 14.0. The Morgan fingerprint density at radius 3 is 2.31 bits per heavy atom. The number of nitrogens with zero attached hydrogens (tertiary/aromatic N) is 1. The molecule has 0 saturated carbocycles. The minimum atomic E-state index is -1.14. The first-order valence-electron chi connectivity index (χ1n) is 9.23. The van der Waals surface area contributed by atoms with Gasteiger partial charge in [0.15, 0.2) is 0 Å². The van der Waals surface area contributed by atoms with Crippen LogP contribution in [0.15, 0.2) is 60.1 Å². The predicted molar refractivity (Wildman–Crippen MR) is 110 cm³/mol. The number of aromatic nitrogens is 1. The predicted octanol–water partition coefficient (Wildman–Crippen LogP) is 4.37. The highest BCUT2D eigenvalue weighted by molar-refractivity contribution is 7.09. The zero-order chi connectivity index (χ0) is 20.4. The summed E-state index contributed by atoms with van der Waals surface area (Å²) in [4.78, 5) is 28.1. The highest BCUT2D eigenvalue weighted by Gasteiger charge is 2.35. The van der Waals surface area contributed by atoms with Crippen LogP contribution in [-0.2, 0) is 15.1 Å². The summed E-state index contributed by atoms with van der Waals surface area (Å²) in [5, 5.41) is 14.2. The van der Waals surface area contributed by atoms with Crippen molar-refractivity contribution >= 4 is 23.4 Å². The van der Waals surface area contributed by atoms with Crippen molar-refractivity contribution in [2.75, 3.05) is 6.61 Å². The number of ether oxygens (including phenoxy) is 1. The Hall–Kier alpha value is -3.19. The molecule has 2 aromatic carbocycles. The van der Waals surface area contributed by atoms with E-state index in [9.17, 15) is 14.7 Å². The Labute approximate surface area is 172 Å². The highest BCUT2D eigenvalue weighted by Crippen LogP contribution is 2.44. The van der Waals surface area contributed by atoms with Crippen LogP contribution >= 0.6 is 11.3 Å². The molecule has 4 rings (SSSR count). The molecule has 6 nitrogen and oxygen atoms in total. The Bertz CT molecular complexity index is 1000. The first kappa shape index (κ1) is 19.1. The van der Waals surface area contributed by atoms with Gasteiger partial charge in [-0.1, -0.05) is 48.5 Å². The molecule has 1 unspecified atom stereocenters. The molecule has 29 heavy (non-hydrogen) atoms. The lowest BCUT2D eigenvalue weighted by molar-refractivity contribution is -0.138. The fraction of sp³-hybridized carbons (Fsp3) is 0.227. The van der Waals surface area contributed by atoms with Crippen LogP contribution < -0.4 is 5.32 Å². The van der Waals surface area contributed by atoms with Crippen LogP contribution in [0, 0.1) is 0 Å². The molecule has 0 radical (unpaired) electrons. The topological polar surface area (TPSA) is 88.5 Å². The lowest BCUT2D eigenvalue weighted by Crippen LogP contribution is -2.45. The molecule has 1 amide bonds. The number of carbonyl (C=O) groups excluding carboxylic acids is 1. The molecular formula is C22H20N2O4S. The smallest absolute Gasteiger partial charge is 0.407 e. The minimum Gasteiger partial charge on any atom is -0.481 e. The van der Waals surface area contributed by atoms with Crippen LogP contribution in [-0.4, -0.2) is 28.8 Å². The number of alkyl carbamates (subject to hydrolysis) is 1. The van der Waals surface area contributed by atoms with E-state index >= 15 is 0 Å². The molecule has 0 bridgehead atoms. The van der Waals surface area contributed by atoms with Crippen LogP contribution in [0.2, 0.25) is 0 Å². The van der Waals surface area contributed by atoms with Crippen LogP contribution in [0.3, 0.4) is 0 Å². The summed E-state index contributed by atoms with van der Waals surface area (Å²) in [6, 6.07) is 16.2. The van der Waals surface area contributed by atoms with Crippen LogP contribution in [0.25, 0.3) is 11.1 Å². The maximum absolute atomic E-state index is 12.6. The number of rotatable bonds is 6. The zero-order valence-electron chi connectivity index (χ0n) is 15.8. The summed E-state index contributed by atoms with van der Waals surface area (Å²) in [6.07, 6.45) is 0.635. The monoisotopic (exact) mass is 408 g/mol. The number of aliphatic carboxylic acids is 1. The Morgan fingerprint density at radius 1 is 1.14 bits per heavy atom. The molecule has 0 aliphatic heterocycles. The third-order valence-electron chi connectivity index (χ3n) is 5.13. The van der Waals surface area contributed by atoms with Gasteiger partial charge in [-0.25, -0.2) is 9.78 Å². The number of carboxylic acids is 1. The number of carboxylic acid groups (broad SMARTS) is 1. The van der Waals surface area contributed by atoms with Gasteiger partial charge < -0.3 is 15.2 Å². The number of fused-ring (bicyclic) bond motifs is 3. The molecule has 1 aliphatic carbocycles. The van der Waals surface area contributed by atoms with Crippen molar-refractivity contribution in [2.24, 2.45) is 0 Å². The second-order valence-corrected chi connectivity index (χ2v) is 8.08. The van der Waals surface area contributed by atoms with Gasteiger partial charge in [0.1, 0.15) is 17.2 Å². The Kier molecular flexibility index (Phi) is 5.07. The number of benzene rings is 2. The second kappa shape index (κ2) is 7.67. The van der Waals surface area contributed by atoms with Gasteiger partial charge in [-0.15, -0.1) is 11.3 Å². The van der Waals surface area contributed by atoms with Crippen LogP contribution in [0.1, 0.15) is 35.4 Å². The van der Waals surface area contributed by atoms with E-state index in [4.69, 9.17) is 4.74 Å². The molecule has 0 saturated heterocycles. The van der Waals surface area contributed by atoms with Crippen LogP contribution in [0.5, 0.6) is 0 Å². The third-order valence-corrected chi connectivity index (χ3v) is 6.17. The van der Waals surface area contributed by atoms with E-state index in [1.807, 2.05) is 36.4 Å². The molecule has 3 aromatic rings. The lowest BCUT2D eigenvalue weighted by Gasteiger charge is -2.27.